The van der Waals surface area contributed by atoms with Gasteiger partial charge >= 0.3 is 0 Å². The van der Waals surface area contributed by atoms with Gasteiger partial charge in [0.05, 0.1) is 17.1 Å². The Balaban J connectivity index is 1.73. The SMILES string of the molecule is CC[C@@H](c1nnnn1C(C)(C)CC)N(CCc1cccc(C)c1)Cc1cc2cccc(C)c2[nH]c1=O. The molecule has 7 heteroatoms. The van der Waals surface area contributed by atoms with Crippen molar-refractivity contribution in [2.75, 3.05) is 6.54 Å². The zero-order valence-electron chi connectivity index (χ0n) is 22.4. The Bertz CT molecular complexity index is 1390. The van der Waals surface area contributed by atoms with Crippen molar-refractivity contribution in [2.24, 2.45) is 0 Å². The average Bonchev–Trinajstić information content (AvgIpc) is 3.34. The lowest BCUT2D eigenvalue weighted by atomic mass is 10.0. The molecule has 0 aliphatic rings. The van der Waals surface area contributed by atoms with Gasteiger partial charge in [0.25, 0.3) is 5.56 Å². The zero-order valence-corrected chi connectivity index (χ0v) is 22.4. The summed E-state index contributed by atoms with van der Waals surface area (Å²) in [5.41, 5.74) is 5.02. The minimum atomic E-state index is -0.202. The van der Waals surface area contributed by atoms with Crippen LogP contribution in [-0.4, -0.2) is 36.6 Å². The molecule has 2 heterocycles. The monoisotopic (exact) mass is 486 g/mol. The largest absolute Gasteiger partial charge is 0.321 e. The summed E-state index contributed by atoms with van der Waals surface area (Å²) in [6, 6.07) is 16.7. The predicted octanol–water partition coefficient (Wildman–Crippen LogP) is 5.47. The topological polar surface area (TPSA) is 79.7 Å². The molecule has 0 amide bonds. The van der Waals surface area contributed by atoms with Crippen LogP contribution in [0.1, 0.15) is 74.7 Å². The van der Waals surface area contributed by atoms with E-state index in [1.807, 2.05) is 29.8 Å². The highest BCUT2D eigenvalue weighted by molar-refractivity contribution is 5.81. The van der Waals surface area contributed by atoms with Gasteiger partial charge in [-0.1, -0.05) is 61.9 Å². The van der Waals surface area contributed by atoms with Gasteiger partial charge in [0, 0.05) is 18.7 Å². The molecule has 2 aromatic carbocycles. The van der Waals surface area contributed by atoms with Gasteiger partial charge in [0.2, 0.25) is 0 Å². The Morgan fingerprint density at radius 2 is 1.86 bits per heavy atom. The smallest absolute Gasteiger partial charge is 0.252 e. The first-order valence-electron chi connectivity index (χ1n) is 12.9. The Kier molecular flexibility index (Phi) is 7.69. The van der Waals surface area contributed by atoms with Gasteiger partial charge in [-0.3, -0.25) is 9.69 Å². The summed E-state index contributed by atoms with van der Waals surface area (Å²) in [4.78, 5) is 18.7. The van der Waals surface area contributed by atoms with Gasteiger partial charge in [0.1, 0.15) is 0 Å². The van der Waals surface area contributed by atoms with Gasteiger partial charge in [0.15, 0.2) is 5.82 Å². The molecule has 0 radical (unpaired) electrons. The van der Waals surface area contributed by atoms with E-state index in [0.29, 0.717) is 6.54 Å². The van der Waals surface area contributed by atoms with E-state index in [2.05, 4.69) is 90.4 Å². The van der Waals surface area contributed by atoms with E-state index in [4.69, 9.17) is 0 Å². The molecular weight excluding hydrogens is 448 g/mol. The number of aromatic nitrogens is 5. The maximum atomic E-state index is 13.2. The minimum absolute atomic E-state index is 0.0248. The number of aryl methyl sites for hydroxylation is 2. The van der Waals surface area contributed by atoms with Crippen LogP contribution in [0.4, 0.5) is 0 Å². The van der Waals surface area contributed by atoms with E-state index in [0.717, 1.165) is 53.7 Å². The van der Waals surface area contributed by atoms with E-state index >= 15 is 0 Å². The quantitative estimate of drug-likeness (QED) is 0.321. The molecule has 0 saturated heterocycles. The summed E-state index contributed by atoms with van der Waals surface area (Å²) in [7, 11) is 0. The Morgan fingerprint density at radius 1 is 1.08 bits per heavy atom. The van der Waals surface area contributed by atoms with Gasteiger partial charge in [-0.15, -0.1) is 5.10 Å². The van der Waals surface area contributed by atoms with E-state index in [-0.39, 0.29) is 17.1 Å². The number of fused-ring (bicyclic) bond motifs is 1. The van der Waals surface area contributed by atoms with Crippen LogP contribution in [-0.2, 0) is 18.5 Å². The van der Waals surface area contributed by atoms with Gasteiger partial charge in [-0.2, -0.15) is 0 Å². The highest BCUT2D eigenvalue weighted by Crippen LogP contribution is 2.29. The number of nitrogens with zero attached hydrogens (tertiary/aromatic N) is 5. The minimum Gasteiger partial charge on any atom is -0.321 e. The van der Waals surface area contributed by atoms with E-state index < -0.39 is 0 Å². The number of hydrogen-bond donors (Lipinski definition) is 1. The molecule has 2 aromatic heterocycles. The normalized spacial score (nSPS) is 13.0. The van der Waals surface area contributed by atoms with Crippen molar-refractivity contribution in [1.29, 1.82) is 0 Å². The molecule has 0 spiro atoms. The zero-order chi connectivity index (χ0) is 25.9. The fourth-order valence-corrected chi connectivity index (χ4v) is 4.84. The molecule has 1 atom stereocenters. The number of H-pyrrole nitrogens is 1. The number of hydrogen-bond acceptors (Lipinski definition) is 5. The van der Waals surface area contributed by atoms with E-state index in [9.17, 15) is 4.79 Å². The maximum Gasteiger partial charge on any atom is 0.252 e. The van der Waals surface area contributed by atoms with Crippen LogP contribution in [0.15, 0.2) is 53.3 Å². The standard InChI is InChI=1S/C29H38N6O/c1-7-25(27-31-32-33-35(27)29(5,6)8-2)34(16-15-22-13-9-11-20(3)17-22)19-24-18-23-14-10-12-21(4)26(23)30-28(24)36/h9-14,17-18,25H,7-8,15-16,19H2,1-6H3,(H,30,36)/t25-/m0/s1. The number of pyridine rings is 1. The van der Waals surface area contributed by atoms with Crippen molar-refractivity contribution in [3.63, 3.8) is 0 Å². The first-order chi connectivity index (χ1) is 17.2. The number of aromatic amines is 1. The summed E-state index contributed by atoms with van der Waals surface area (Å²) < 4.78 is 1.97. The molecule has 0 aliphatic carbocycles. The third kappa shape index (κ3) is 5.41. The van der Waals surface area contributed by atoms with Gasteiger partial charge in [-0.25, -0.2) is 4.68 Å². The van der Waals surface area contributed by atoms with E-state index in [1.165, 1.54) is 11.1 Å². The van der Waals surface area contributed by atoms with Crippen LogP contribution in [0.3, 0.4) is 0 Å². The molecule has 0 fully saturated rings. The Morgan fingerprint density at radius 3 is 2.58 bits per heavy atom. The molecule has 36 heavy (non-hydrogen) atoms. The molecule has 0 saturated carbocycles. The summed E-state index contributed by atoms with van der Waals surface area (Å²) in [6.45, 7) is 14.1. The van der Waals surface area contributed by atoms with Gasteiger partial charge in [-0.05, 0) is 80.0 Å². The van der Waals surface area contributed by atoms with E-state index in [1.54, 1.807) is 0 Å². The third-order valence-corrected chi connectivity index (χ3v) is 7.37. The highest BCUT2D eigenvalue weighted by atomic mass is 16.1. The summed E-state index contributed by atoms with van der Waals surface area (Å²) >= 11 is 0. The van der Waals surface area contributed by atoms with Crippen LogP contribution >= 0.6 is 0 Å². The summed E-state index contributed by atoms with van der Waals surface area (Å²) in [5, 5.41) is 14.0. The Labute approximate surface area is 213 Å². The lowest BCUT2D eigenvalue weighted by Crippen LogP contribution is -2.37. The van der Waals surface area contributed by atoms with Gasteiger partial charge < -0.3 is 4.98 Å². The molecule has 0 bridgehead atoms. The highest BCUT2D eigenvalue weighted by Gasteiger charge is 2.31. The third-order valence-electron chi connectivity index (χ3n) is 7.37. The maximum absolute atomic E-state index is 13.2. The first kappa shape index (κ1) is 25.8. The fraction of sp³-hybridized carbons (Fsp3) is 0.448. The molecule has 190 valence electrons. The molecule has 4 rings (SSSR count). The predicted molar refractivity (Wildman–Crippen MR) is 145 cm³/mol. The molecule has 0 aliphatic heterocycles. The number of benzene rings is 2. The number of para-hydroxylation sites is 1. The van der Waals surface area contributed by atoms with Crippen molar-refractivity contribution in [3.8, 4) is 0 Å². The van der Waals surface area contributed by atoms with Crippen molar-refractivity contribution in [1.82, 2.24) is 30.1 Å². The second-order valence-corrected chi connectivity index (χ2v) is 10.4. The van der Waals surface area contributed by atoms with Crippen LogP contribution in [0.25, 0.3) is 10.9 Å². The van der Waals surface area contributed by atoms with Crippen molar-refractivity contribution in [3.05, 3.63) is 87.0 Å². The Hall–Kier alpha value is -3.32. The molecule has 1 N–H and O–H groups in total. The second-order valence-electron chi connectivity index (χ2n) is 10.4. The fourth-order valence-electron chi connectivity index (χ4n) is 4.84. The van der Waals surface area contributed by atoms with Crippen molar-refractivity contribution >= 4 is 10.9 Å². The van der Waals surface area contributed by atoms with Crippen LogP contribution in [0.2, 0.25) is 0 Å². The molecule has 7 nitrogen and oxygen atoms in total. The van der Waals surface area contributed by atoms with Crippen LogP contribution in [0, 0.1) is 13.8 Å². The van der Waals surface area contributed by atoms with Crippen LogP contribution in [0.5, 0.6) is 0 Å². The summed E-state index contributed by atoms with van der Waals surface area (Å²) in [6.07, 6.45) is 2.62. The second kappa shape index (κ2) is 10.7. The number of tetrazole rings is 1. The number of nitrogens with one attached hydrogen (secondary N) is 1. The van der Waals surface area contributed by atoms with Crippen molar-refractivity contribution in [2.45, 2.75) is 78.9 Å². The first-order valence-corrected chi connectivity index (χ1v) is 12.9. The molecular formula is C29H38N6O. The summed E-state index contributed by atoms with van der Waals surface area (Å²) in [5.74, 6) is 0.849. The van der Waals surface area contributed by atoms with Crippen LogP contribution < -0.4 is 5.56 Å². The molecule has 0 unspecified atom stereocenters. The average molecular weight is 487 g/mol. The lowest BCUT2D eigenvalue weighted by Gasteiger charge is -2.33. The van der Waals surface area contributed by atoms with Crippen molar-refractivity contribution < 1.29 is 0 Å². The lowest BCUT2D eigenvalue weighted by molar-refractivity contribution is 0.160. The number of rotatable bonds is 10. The molecule has 4 aromatic rings.